The number of rotatable bonds is 5. The Morgan fingerprint density at radius 1 is 1.29 bits per heavy atom. The van der Waals surface area contributed by atoms with Gasteiger partial charge in [-0.3, -0.25) is 4.90 Å². The molecule has 2 atom stereocenters. The summed E-state index contributed by atoms with van der Waals surface area (Å²) in [5, 5.41) is 0. The highest BCUT2D eigenvalue weighted by Crippen LogP contribution is 2.30. The van der Waals surface area contributed by atoms with Crippen LogP contribution in [-0.2, 0) is 0 Å². The SMILES string of the molecule is CC1CCN(C(C)(CN)CCCC(F)(F)F)C1. The number of hydrogen-bond donors (Lipinski definition) is 1. The molecule has 0 aromatic carbocycles. The van der Waals surface area contributed by atoms with Crippen LogP contribution in [0, 0.1) is 5.92 Å². The van der Waals surface area contributed by atoms with E-state index in [2.05, 4.69) is 11.8 Å². The van der Waals surface area contributed by atoms with E-state index in [1.54, 1.807) is 0 Å². The Morgan fingerprint density at radius 3 is 2.35 bits per heavy atom. The van der Waals surface area contributed by atoms with Crippen molar-refractivity contribution in [3.05, 3.63) is 0 Å². The molecule has 0 aromatic rings. The first-order chi connectivity index (χ1) is 7.77. The lowest BCUT2D eigenvalue weighted by molar-refractivity contribution is -0.136. The van der Waals surface area contributed by atoms with Crippen molar-refractivity contribution in [2.24, 2.45) is 11.7 Å². The number of alkyl halides is 3. The molecule has 0 saturated carbocycles. The first-order valence-electron chi connectivity index (χ1n) is 6.29. The first kappa shape index (κ1) is 14.8. The topological polar surface area (TPSA) is 29.3 Å². The zero-order valence-corrected chi connectivity index (χ0v) is 10.7. The summed E-state index contributed by atoms with van der Waals surface area (Å²) in [6.45, 7) is 6.51. The molecule has 2 unspecified atom stereocenters. The monoisotopic (exact) mass is 252 g/mol. The molecule has 1 saturated heterocycles. The van der Waals surface area contributed by atoms with Gasteiger partial charge in [0, 0.05) is 25.0 Å². The second-order valence-electron chi connectivity index (χ2n) is 5.51. The number of halogens is 3. The summed E-state index contributed by atoms with van der Waals surface area (Å²) in [4.78, 5) is 2.26. The lowest BCUT2D eigenvalue weighted by Gasteiger charge is -2.38. The normalized spacial score (nSPS) is 26.1. The third kappa shape index (κ3) is 4.47. The third-order valence-corrected chi connectivity index (χ3v) is 3.80. The van der Waals surface area contributed by atoms with Crippen LogP contribution in [0.15, 0.2) is 0 Å². The van der Waals surface area contributed by atoms with Gasteiger partial charge in [0.25, 0.3) is 0 Å². The molecule has 5 heteroatoms. The van der Waals surface area contributed by atoms with Gasteiger partial charge in [-0.25, -0.2) is 0 Å². The molecular formula is C12H23F3N2. The van der Waals surface area contributed by atoms with Gasteiger partial charge in [-0.15, -0.1) is 0 Å². The maximum atomic E-state index is 12.1. The van der Waals surface area contributed by atoms with E-state index in [4.69, 9.17) is 5.73 Å². The zero-order valence-electron chi connectivity index (χ0n) is 10.7. The van der Waals surface area contributed by atoms with Crippen LogP contribution in [0.5, 0.6) is 0 Å². The van der Waals surface area contributed by atoms with Crippen molar-refractivity contribution in [3.63, 3.8) is 0 Å². The molecule has 0 bridgehead atoms. The van der Waals surface area contributed by atoms with Crippen LogP contribution in [0.2, 0.25) is 0 Å². The fraction of sp³-hybridized carbons (Fsp3) is 1.00. The minimum absolute atomic E-state index is 0.169. The van der Waals surface area contributed by atoms with Gasteiger partial charge in [0.15, 0.2) is 0 Å². The zero-order chi connectivity index (χ0) is 13.1. The highest BCUT2D eigenvalue weighted by molar-refractivity contribution is 4.91. The van der Waals surface area contributed by atoms with E-state index < -0.39 is 12.6 Å². The van der Waals surface area contributed by atoms with Crippen LogP contribution in [-0.4, -0.2) is 36.2 Å². The number of nitrogens with zero attached hydrogens (tertiary/aromatic N) is 1. The summed E-state index contributed by atoms with van der Waals surface area (Å²) in [6.07, 6.45) is -2.94. The van der Waals surface area contributed by atoms with Gasteiger partial charge in [0.2, 0.25) is 0 Å². The fourth-order valence-electron chi connectivity index (χ4n) is 2.48. The molecule has 1 fully saturated rings. The van der Waals surface area contributed by atoms with E-state index in [9.17, 15) is 13.2 Å². The number of hydrogen-bond acceptors (Lipinski definition) is 2. The minimum atomic E-state index is -4.05. The largest absolute Gasteiger partial charge is 0.389 e. The molecule has 0 aromatic heterocycles. The molecule has 0 radical (unpaired) electrons. The second kappa shape index (κ2) is 5.57. The van der Waals surface area contributed by atoms with Gasteiger partial charge in [0.05, 0.1) is 0 Å². The van der Waals surface area contributed by atoms with Gasteiger partial charge in [0.1, 0.15) is 0 Å². The van der Waals surface area contributed by atoms with E-state index in [-0.39, 0.29) is 12.0 Å². The van der Waals surface area contributed by atoms with Gasteiger partial charge in [-0.2, -0.15) is 13.2 Å². The average Bonchev–Trinajstić information content (AvgIpc) is 2.63. The molecule has 0 spiro atoms. The minimum Gasteiger partial charge on any atom is -0.329 e. The molecule has 2 N–H and O–H groups in total. The summed E-state index contributed by atoms with van der Waals surface area (Å²) in [7, 11) is 0. The molecule has 1 aliphatic heterocycles. The Morgan fingerprint density at radius 2 is 1.94 bits per heavy atom. The fourth-order valence-corrected chi connectivity index (χ4v) is 2.48. The van der Waals surface area contributed by atoms with Crippen LogP contribution in [0.1, 0.15) is 39.5 Å². The Kier molecular flexibility index (Phi) is 4.84. The van der Waals surface area contributed by atoms with Gasteiger partial charge in [-0.1, -0.05) is 6.92 Å². The molecule has 102 valence electrons. The third-order valence-electron chi connectivity index (χ3n) is 3.80. The average molecular weight is 252 g/mol. The molecule has 17 heavy (non-hydrogen) atoms. The van der Waals surface area contributed by atoms with E-state index in [1.165, 1.54) is 0 Å². The predicted octanol–water partition coefficient (Wildman–Crippen LogP) is 2.78. The summed E-state index contributed by atoms with van der Waals surface area (Å²) in [6, 6.07) is 0. The van der Waals surface area contributed by atoms with Crippen molar-refractivity contribution in [1.82, 2.24) is 4.90 Å². The van der Waals surface area contributed by atoms with Crippen LogP contribution >= 0.6 is 0 Å². The molecule has 0 amide bonds. The summed E-state index contributed by atoms with van der Waals surface area (Å²) < 4.78 is 36.4. The molecular weight excluding hydrogens is 229 g/mol. The molecule has 2 nitrogen and oxygen atoms in total. The van der Waals surface area contributed by atoms with E-state index in [0.29, 0.717) is 18.9 Å². The van der Waals surface area contributed by atoms with Crippen LogP contribution < -0.4 is 5.73 Å². The van der Waals surface area contributed by atoms with Crippen LogP contribution in [0.4, 0.5) is 13.2 Å². The Bertz CT molecular complexity index is 242. The highest BCUT2D eigenvalue weighted by atomic mass is 19.4. The van der Waals surface area contributed by atoms with Gasteiger partial charge >= 0.3 is 6.18 Å². The van der Waals surface area contributed by atoms with E-state index >= 15 is 0 Å². The molecule has 1 aliphatic rings. The summed E-state index contributed by atoms with van der Waals surface area (Å²) in [5.74, 6) is 0.628. The molecule has 0 aliphatic carbocycles. The van der Waals surface area contributed by atoms with E-state index in [1.807, 2.05) is 6.92 Å². The van der Waals surface area contributed by atoms with Crippen LogP contribution in [0.25, 0.3) is 0 Å². The van der Waals surface area contributed by atoms with Crippen molar-refractivity contribution in [2.45, 2.75) is 51.2 Å². The quantitative estimate of drug-likeness (QED) is 0.815. The van der Waals surface area contributed by atoms with Crippen molar-refractivity contribution in [2.75, 3.05) is 19.6 Å². The summed E-state index contributed by atoms with van der Waals surface area (Å²) in [5.41, 5.74) is 5.49. The maximum absolute atomic E-state index is 12.1. The van der Waals surface area contributed by atoms with Crippen molar-refractivity contribution < 1.29 is 13.2 Å². The highest BCUT2D eigenvalue weighted by Gasteiger charge is 2.35. The van der Waals surface area contributed by atoms with Crippen molar-refractivity contribution in [1.29, 1.82) is 0 Å². The van der Waals surface area contributed by atoms with Crippen molar-refractivity contribution in [3.8, 4) is 0 Å². The predicted molar refractivity (Wildman–Crippen MR) is 62.7 cm³/mol. The first-order valence-corrected chi connectivity index (χ1v) is 6.29. The Balaban J connectivity index is 2.45. The maximum Gasteiger partial charge on any atom is 0.389 e. The smallest absolute Gasteiger partial charge is 0.329 e. The number of nitrogens with two attached hydrogens (primary N) is 1. The van der Waals surface area contributed by atoms with Gasteiger partial charge in [-0.05, 0) is 38.6 Å². The second-order valence-corrected chi connectivity index (χ2v) is 5.51. The Labute approximate surface area is 101 Å². The van der Waals surface area contributed by atoms with Crippen molar-refractivity contribution >= 4 is 0 Å². The Hall–Kier alpha value is -0.290. The lowest BCUT2D eigenvalue weighted by Crippen LogP contribution is -2.50. The molecule has 1 rings (SSSR count). The van der Waals surface area contributed by atoms with E-state index in [0.717, 1.165) is 19.5 Å². The lowest BCUT2D eigenvalue weighted by atomic mass is 9.93. The summed E-state index contributed by atoms with van der Waals surface area (Å²) >= 11 is 0. The van der Waals surface area contributed by atoms with Gasteiger partial charge < -0.3 is 5.73 Å². The molecule has 1 heterocycles. The standard InChI is InChI=1S/C12H23F3N2/c1-10-4-7-17(8-10)11(2,9-16)5-3-6-12(13,14)15/h10H,3-9,16H2,1-2H3. The number of likely N-dealkylation sites (tertiary alicyclic amines) is 1. The van der Waals surface area contributed by atoms with Crippen LogP contribution in [0.3, 0.4) is 0 Å².